The van der Waals surface area contributed by atoms with Crippen LogP contribution in [-0.4, -0.2) is 37.2 Å². The van der Waals surface area contributed by atoms with Crippen molar-refractivity contribution >= 4 is 28.7 Å². The summed E-state index contributed by atoms with van der Waals surface area (Å²) >= 11 is 7.22. The molecule has 0 aliphatic rings. The smallest absolute Gasteiger partial charge is 0.167 e. The zero-order valence-electron chi connectivity index (χ0n) is 14.0. The molecular formula is C18H25N3S2. The number of nitrogens with one attached hydrogen (secondary N) is 2. The zero-order chi connectivity index (χ0) is 16.7. The van der Waals surface area contributed by atoms with E-state index in [4.69, 9.17) is 12.2 Å². The number of rotatable bonds is 7. The number of thiophene rings is 1. The molecule has 1 atom stereocenters. The normalized spacial score (nSPS) is 12.2. The fourth-order valence-corrected chi connectivity index (χ4v) is 3.32. The molecule has 0 aliphatic heterocycles. The first-order valence-corrected chi connectivity index (χ1v) is 9.20. The van der Waals surface area contributed by atoms with Crippen molar-refractivity contribution in [1.82, 2.24) is 15.5 Å². The molecule has 0 amide bonds. The van der Waals surface area contributed by atoms with Gasteiger partial charge in [-0.15, -0.1) is 11.3 Å². The van der Waals surface area contributed by atoms with Crippen molar-refractivity contribution < 1.29 is 0 Å². The molecule has 0 spiro atoms. The van der Waals surface area contributed by atoms with Crippen molar-refractivity contribution in [3.8, 4) is 0 Å². The van der Waals surface area contributed by atoms with Gasteiger partial charge in [-0.3, -0.25) is 0 Å². The van der Waals surface area contributed by atoms with Gasteiger partial charge < -0.3 is 15.5 Å². The summed E-state index contributed by atoms with van der Waals surface area (Å²) in [4.78, 5) is 3.40. The minimum absolute atomic E-state index is 0.0975. The van der Waals surface area contributed by atoms with Crippen LogP contribution in [-0.2, 0) is 6.42 Å². The Morgan fingerprint density at radius 3 is 2.52 bits per heavy atom. The van der Waals surface area contributed by atoms with Gasteiger partial charge in [0.25, 0.3) is 0 Å². The monoisotopic (exact) mass is 347 g/mol. The van der Waals surface area contributed by atoms with E-state index in [2.05, 4.69) is 78.3 Å². The second kappa shape index (κ2) is 9.01. The van der Waals surface area contributed by atoms with Crippen LogP contribution in [0.25, 0.3) is 0 Å². The first-order valence-electron chi connectivity index (χ1n) is 7.91. The molecule has 0 bridgehead atoms. The topological polar surface area (TPSA) is 27.3 Å². The third kappa shape index (κ3) is 5.61. The first kappa shape index (κ1) is 17.9. The van der Waals surface area contributed by atoms with Crippen molar-refractivity contribution in [1.29, 1.82) is 0 Å². The molecule has 2 N–H and O–H groups in total. The minimum Gasteiger partial charge on any atom is -0.361 e. The van der Waals surface area contributed by atoms with E-state index < -0.39 is 0 Å². The molecule has 0 radical (unpaired) electrons. The summed E-state index contributed by atoms with van der Waals surface area (Å²) in [7, 11) is 4.11. The number of aryl methyl sites for hydroxylation is 1. The highest BCUT2D eigenvalue weighted by Gasteiger charge is 2.16. The van der Waals surface area contributed by atoms with Gasteiger partial charge >= 0.3 is 0 Å². The van der Waals surface area contributed by atoms with Crippen molar-refractivity contribution in [3.63, 3.8) is 0 Å². The fourth-order valence-electron chi connectivity index (χ4n) is 2.30. The van der Waals surface area contributed by atoms with Crippen LogP contribution >= 0.6 is 23.6 Å². The molecule has 5 heteroatoms. The van der Waals surface area contributed by atoms with Crippen LogP contribution in [0.4, 0.5) is 0 Å². The van der Waals surface area contributed by atoms with Crippen LogP contribution in [0, 0.1) is 0 Å². The zero-order valence-corrected chi connectivity index (χ0v) is 15.6. The maximum Gasteiger partial charge on any atom is 0.167 e. The molecule has 23 heavy (non-hydrogen) atoms. The lowest BCUT2D eigenvalue weighted by atomic mass is 10.0. The second-order valence-electron chi connectivity index (χ2n) is 5.75. The molecule has 2 rings (SSSR count). The molecule has 0 unspecified atom stereocenters. The van der Waals surface area contributed by atoms with Crippen molar-refractivity contribution in [2.75, 3.05) is 27.2 Å². The average molecular weight is 348 g/mol. The number of hydrogen-bond donors (Lipinski definition) is 2. The minimum atomic E-state index is 0.0975. The summed E-state index contributed by atoms with van der Waals surface area (Å²) in [5.41, 5.74) is 2.59. The predicted molar refractivity (Wildman–Crippen MR) is 104 cm³/mol. The van der Waals surface area contributed by atoms with Gasteiger partial charge in [0, 0.05) is 18.0 Å². The third-order valence-corrected chi connectivity index (χ3v) is 4.87. The number of hydrogen-bond acceptors (Lipinski definition) is 3. The maximum absolute atomic E-state index is 5.47. The van der Waals surface area contributed by atoms with E-state index in [-0.39, 0.29) is 6.04 Å². The van der Waals surface area contributed by atoms with Crippen LogP contribution in [0.3, 0.4) is 0 Å². The summed E-state index contributed by atoms with van der Waals surface area (Å²) in [5, 5.41) is 9.54. The van der Waals surface area contributed by atoms with E-state index in [1.807, 2.05) is 0 Å². The van der Waals surface area contributed by atoms with Gasteiger partial charge in [-0.05, 0) is 55.3 Å². The number of likely N-dealkylation sites (N-methyl/N-ethyl adjacent to an activating group) is 1. The summed E-state index contributed by atoms with van der Waals surface area (Å²) in [5.74, 6) is 0. The lowest BCUT2D eigenvalue weighted by molar-refractivity contribution is 0.412. The van der Waals surface area contributed by atoms with Crippen LogP contribution in [0.2, 0.25) is 0 Å². The van der Waals surface area contributed by atoms with Gasteiger partial charge in [0.1, 0.15) is 0 Å². The molecule has 124 valence electrons. The van der Waals surface area contributed by atoms with Crippen molar-refractivity contribution in [2.24, 2.45) is 0 Å². The molecule has 1 heterocycles. The van der Waals surface area contributed by atoms with Gasteiger partial charge in [-0.25, -0.2) is 0 Å². The molecule has 3 nitrogen and oxygen atoms in total. The van der Waals surface area contributed by atoms with Crippen LogP contribution < -0.4 is 10.6 Å². The van der Waals surface area contributed by atoms with E-state index >= 15 is 0 Å². The fraction of sp³-hybridized carbons (Fsp3) is 0.389. The lowest BCUT2D eigenvalue weighted by Crippen LogP contribution is -2.40. The molecule has 0 fully saturated rings. The first-order chi connectivity index (χ1) is 11.1. The van der Waals surface area contributed by atoms with E-state index in [0.29, 0.717) is 5.11 Å². The van der Waals surface area contributed by atoms with Crippen molar-refractivity contribution in [2.45, 2.75) is 19.4 Å². The quantitative estimate of drug-likeness (QED) is 0.751. The van der Waals surface area contributed by atoms with Gasteiger partial charge in [0.2, 0.25) is 0 Å². The summed E-state index contributed by atoms with van der Waals surface area (Å²) < 4.78 is 0. The Morgan fingerprint density at radius 1 is 1.22 bits per heavy atom. The Balaban J connectivity index is 2.07. The SMILES string of the molecule is CCc1ccc([C@@H](NC(=S)NCCN(C)C)c2cccs2)cc1. The van der Waals surface area contributed by atoms with Crippen LogP contribution in [0.1, 0.15) is 29.0 Å². The number of thiocarbonyl (C=S) groups is 1. The summed E-state index contributed by atoms with van der Waals surface area (Å²) in [6, 6.07) is 13.1. The second-order valence-corrected chi connectivity index (χ2v) is 7.13. The Kier molecular flexibility index (Phi) is 7.02. The predicted octanol–water partition coefficient (Wildman–Crippen LogP) is 3.43. The number of benzene rings is 1. The molecule has 0 saturated carbocycles. The van der Waals surface area contributed by atoms with E-state index in [1.54, 1.807) is 11.3 Å². The highest BCUT2D eigenvalue weighted by atomic mass is 32.1. The average Bonchev–Trinajstić information content (AvgIpc) is 3.06. The highest BCUT2D eigenvalue weighted by Crippen LogP contribution is 2.26. The van der Waals surface area contributed by atoms with E-state index in [1.165, 1.54) is 16.0 Å². The molecule has 1 aromatic carbocycles. The third-order valence-electron chi connectivity index (χ3n) is 3.67. The maximum atomic E-state index is 5.47. The standard InChI is InChI=1S/C18H25N3S2/c1-4-14-7-9-15(10-8-14)17(16-6-5-13-23-16)20-18(22)19-11-12-21(2)3/h5-10,13,17H,4,11-12H2,1-3H3,(H2,19,20,22)/t17-/m1/s1. The molecule has 0 saturated heterocycles. The summed E-state index contributed by atoms with van der Waals surface area (Å²) in [6.07, 6.45) is 1.06. The highest BCUT2D eigenvalue weighted by molar-refractivity contribution is 7.80. The van der Waals surface area contributed by atoms with Crippen molar-refractivity contribution in [3.05, 3.63) is 57.8 Å². The number of nitrogens with zero attached hydrogens (tertiary/aromatic N) is 1. The Labute approximate surface area is 148 Å². The molecule has 1 aromatic heterocycles. The van der Waals surface area contributed by atoms with Crippen LogP contribution in [0.15, 0.2) is 41.8 Å². The van der Waals surface area contributed by atoms with Gasteiger partial charge in [0.15, 0.2) is 5.11 Å². The molecule has 0 aliphatic carbocycles. The molecule has 2 aromatic rings. The Hall–Kier alpha value is -1.43. The van der Waals surface area contributed by atoms with E-state index in [0.717, 1.165) is 19.5 Å². The van der Waals surface area contributed by atoms with Gasteiger partial charge in [-0.1, -0.05) is 37.3 Å². The Morgan fingerprint density at radius 2 is 1.96 bits per heavy atom. The molecular weight excluding hydrogens is 322 g/mol. The lowest BCUT2D eigenvalue weighted by Gasteiger charge is -2.21. The van der Waals surface area contributed by atoms with Gasteiger partial charge in [0.05, 0.1) is 6.04 Å². The summed E-state index contributed by atoms with van der Waals surface area (Å²) in [6.45, 7) is 3.97. The van der Waals surface area contributed by atoms with Crippen LogP contribution in [0.5, 0.6) is 0 Å². The van der Waals surface area contributed by atoms with E-state index in [9.17, 15) is 0 Å². The largest absolute Gasteiger partial charge is 0.361 e. The van der Waals surface area contributed by atoms with Gasteiger partial charge in [-0.2, -0.15) is 0 Å². The Bertz CT molecular complexity index is 591.